The predicted molar refractivity (Wildman–Crippen MR) is 334 cm³/mol. The number of rotatable bonds is 60. The highest BCUT2D eigenvalue weighted by atomic mass is 16.7. The topological polar surface area (TPSA) is 111 Å². The van der Waals surface area contributed by atoms with E-state index in [-0.39, 0.29) is 38.6 Å². The van der Waals surface area contributed by atoms with Crippen LogP contribution in [0.5, 0.6) is 0 Å². The van der Waals surface area contributed by atoms with Crippen molar-refractivity contribution in [3.63, 3.8) is 0 Å². The molecular weight excluding hydrogens is 983 g/mol. The number of hydrogen-bond donors (Lipinski definition) is 0. The van der Waals surface area contributed by atoms with Crippen LogP contribution in [0.4, 0.5) is 0 Å². The van der Waals surface area contributed by atoms with Crippen LogP contribution < -0.4 is 5.11 Å². The number of carbonyl (C=O) groups excluding carboxylic acids is 3. The SMILES string of the molecule is CC/C=C\C/C=C\C/C=C\C/C=C\C/C=C\CCCCCCCCCCCCCCCCCCCCCCCCCC(=O)OC(COC(=O)CCCCCCC/C=C\C/C=C\CCCCC)COC(OCC[N+](C)(C)C)C(=O)[O-]. The average molecular weight is 1110 g/mol. The average Bonchev–Trinajstić information content (AvgIpc) is 3.42. The summed E-state index contributed by atoms with van der Waals surface area (Å²) in [6, 6.07) is 0. The second kappa shape index (κ2) is 60.6. The largest absolute Gasteiger partial charge is 0.545 e. The molecule has 0 amide bonds. The number of nitrogens with zero attached hydrogens (tertiary/aromatic N) is 1. The molecule has 79 heavy (non-hydrogen) atoms. The highest BCUT2D eigenvalue weighted by molar-refractivity contribution is 5.70. The van der Waals surface area contributed by atoms with Crippen LogP contribution in [-0.4, -0.2) is 82.3 Å². The molecular formula is C70H123NO8. The molecule has 0 aromatic rings. The monoisotopic (exact) mass is 1110 g/mol. The van der Waals surface area contributed by atoms with Crippen LogP contribution in [0.25, 0.3) is 0 Å². The summed E-state index contributed by atoms with van der Waals surface area (Å²) in [5.74, 6) is -2.29. The summed E-state index contributed by atoms with van der Waals surface area (Å²) in [5, 5.41) is 11.8. The van der Waals surface area contributed by atoms with Crippen LogP contribution in [-0.2, 0) is 33.3 Å². The third kappa shape index (κ3) is 61.9. The molecule has 0 N–H and O–H groups in total. The van der Waals surface area contributed by atoms with Gasteiger partial charge < -0.3 is 33.3 Å². The summed E-state index contributed by atoms with van der Waals surface area (Å²) in [6.45, 7) is 4.61. The number of hydrogen-bond acceptors (Lipinski definition) is 8. The van der Waals surface area contributed by atoms with Crippen molar-refractivity contribution in [3.8, 4) is 0 Å². The first-order chi connectivity index (χ1) is 38.6. The molecule has 0 saturated heterocycles. The van der Waals surface area contributed by atoms with Gasteiger partial charge in [-0.2, -0.15) is 0 Å². The third-order valence-corrected chi connectivity index (χ3v) is 14.1. The first-order valence-electron chi connectivity index (χ1n) is 32.7. The number of carbonyl (C=O) groups is 3. The van der Waals surface area contributed by atoms with Crippen molar-refractivity contribution in [2.24, 2.45) is 0 Å². The summed E-state index contributed by atoms with van der Waals surface area (Å²) in [7, 11) is 5.92. The molecule has 0 rings (SSSR count). The molecule has 0 fully saturated rings. The van der Waals surface area contributed by atoms with Gasteiger partial charge in [0.2, 0.25) is 0 Å². The van der Waals surface area contributed by atoms with Gasteiger partial charge in [-0.05, 0) is 89.9 Å². The van der Waals surface area contributed by atoms with E-state index in [1.807, 2.05) is 21.1 Å². The van der Waals surface area contributed by atoms with E-state index in [0.717, 1.165) is 89.9 Å². The number of likely N-dealkylation sites (N-methyl/N-ethyl adjacent to an activating group) is 1. The highest BCUT2D eigenvalue weighted by Crippen LogP contribution is 2.17. The summed E-state index contributed by atoms with van der Waals surface area (Å²) in [6.07, 6.45) is 78.1. The summed E-state index contributed by atoms with van der Waals surface area (Å²) in [5.41, 5.74) is 0. The molecule has 9 heteroatoms. The minimum atomic E-state index is -1.63. The lowest BCUT2D eigenvalue weighted by Crippen LogP contribution is -2.44. The van der Waals surface area contributed by atoms with Gasteiger partial charge in [0.1, 0.15) is 13.2 Å². The van der Waals surface area contributed by atoms with Gasteiger partial charge in [0.25, 0.3) is 0 Å². The second-order valence-corrected chi connectivity index (χ2v) is 23.0. The number of esters is 2. The molecule has 0 saturated carbocycles. The Kier molecular flexibility index (Phi) is 57.9. The molecule has 456 valence electrons. The molecule has 0 aromatic heterocycles. The van der Waals surface area contributed by atoms with Crippen LogP contribution in [0.3, 0.4) is 0 Å². The van der Waals surface area contributed by atoms with Gasteiger partial charge in [-0.15, -0.1) is 0 Å². The summed E-state index contributed by atoms with van der Waals surface area (Å²) >= 11 is 0. The van der Waals surface area contributed by atoms with E-state index in [2.05, 4.69) is 98.9 Å². The van der Waals surface area contributed by atoms with E-state index in [1.54, 1.807) is 0 Å². The van der Waals surface area contributed by atoms with Crippen LogP contribution >= 0.6 is 0 Å². The molecule has 0 heterocycles. The van der Waals surface area contributed by atoms with Crippen LogP contribution in [0, 0.1) is 0 Å². The molecule has 2 unspecified atom stereocenters. The number of quaternary nitrogens is 1. The van der Waals surface area contributed by atoms with Crippen LogP contribution in [0.15, 0.2) is 85.1 Å². The fourth-order valence-electron chi connectivity index (χ4n) is 9.12. The maximum absolute atomic E-state index is 12.9. The minimum absolute atomic E-state index is 0.145. The van der Waals surface area contributed by atoms with Crippen molar-refractivity contribution >= 4 is 17.9 Å². The Morgan fingerprint density at radius 3 is 1.08 bits per heavy atom. The van der Waals surface area contributed by atoms with Gasteiger partial charge in [0.05, 0.1) is 40.3 Å². The van der Waals surface area contributed by atoms with Gasteiger partial charge in [-0.25, -0.2) is 0 Å². The molecule has 2 atom stereocenters. The Bertz CT molecular complexity index is 1570. The standard InChI is InChI=1S/C70H123NO8/c1-6-8-10-12-14-16-18-20-22-23-24-25-26-27-28-29-30-31-32-33-34-35-36-37-38-39-40-41-42-43-44-45-47-49-51-53-55-57-59-61-68(73)79-66(65-78-70(69(74)75)76-63-62-71(3,4)5)64-77-67(72)60-58-56-54-52-50-48-46-21-19-17-15-13-11-9-7-2/h8,10,14-17,20-22,24-25,27-28,46,66,70H,6-7,9,11-13,18-19,23,26,29-45,47-65H2,1-5H3/b10-8-,16-14-,17-15-,22-20-,25-24-,28-27-,46-21-. The number of allylic oxidation sites excluding steroid dienone is 14. The van der Waals surface area contributed by atoms with Gasteiger partial charge in [-0.1, -0.05) is 266 Å². The fraction of sp³-hybridized carbons (Fsp3) is 0.757. The Morgan fingerprint density at radius 2 is 0.722 bits per heavy atom. The van der Waals surface area contributed by atoms with E-state index in [9.17, 15) is 19.5 Å². The Morgan fingerprint density at radius 1 is 0.392 bits per heavy atom. The number of unbranched alkanes of at least 4 members (excludes halogenated alkanes) is 31. The zero-order valence-electron chi connectivity index (χ0n) is 52.0. The summed E-state index contributed by atoms with van der Waals surface area (Å²) < 4.78 is 22.7. The first-order valence-corrected chi connectivity index (χ1v) is 32.7. The fourth-order valence-corrected chi connectivity index (χ4v) is 9.12. The van der Waals surface area contributed by atoms with E-state index < -0.39 is 24.3 Å². The van der Waals surface area contributed by atoms with Crippen molar-refractivity contribution in [3.05, 3.63) is 85.1 Å². The van der Waals surface area contributed by atoms with Crippen molar-refractivity contribution in [2.45, 2.75) is 296 Å². The number of carboxylic acid groups (broad SMARTS) is 1. The predicted octanol–water partition coefficient (Wildman–Crippen LogP) is 18.6. The molecule has 0 bridgehead atoms. The van der Waals surface area contributed by atoms with Gasteiger partial charge in [0.15, 0.2) is 12.4 Å². The number of ether oxygens (including phenoxy) is 4. The second-order valence-electron chi connectivity index (χ2n) is 23.0. The normalized spacial score (nSPS) is 13.3. The zero-order valence-corrected chi connectivity index (χ0v) is 52.0. The van der Waals surface area contributed by atoms with Crippen molar-refractivity contribution in [1.29, 1.82) is 0 Å². The van der Waals surface area contributed by atoms with Crippen LogP contribution in [0.2, 0.25) is 0 Å². The highest BCUT2D eigenvalue weighted by Gasteiger charge is 2.22. The van der Waals surface area contributed by atoms with Crippen molar-refractivity contribution in [2.75, 3.05) is 47.5 Å². The third-order valence-electron chi connectivity index (χ3n) is 14.1. The lowest BCUT2D eigenvalue weighted by Gasteiger charge is -2.26. The molecule has 9 nitrogen and oxygen atoms in total. The molecule has 0 radical (unpaired) electrons. The number of aliphatic carboxylic acids is 1. The quantitative estimate of drug-likeness (QED) is 0.0195. The van der Waals surface area contributed by atoms with Gasteiger partial charge in [0, 0.05) is 12.8 Å². The summed E-state index contributed by atoms with van der Waals surface area (Å²) in [4.78, 5) is 37.3. The lowest BCUT2D eigenvalue weighted by molar-refractivity contribution is -0.870. The van der Waals surface area contributed by atoms with E-state index in [4.69, 9.17) is 18.9 Å². The first kappa shape index (κ1) is 75.5. The Balaban J connectivity index is 3.99. The maximum Gasteiger partial charge on any atom is 0.306 e. The smallest absolute Gasteiger partial charge is 0.306 e. The van der Waals surface area contributed by atoms with E-state index in [0.29, 0.717) is 17.4 Å². The molecule has 0 aromatic carbocycles. The Labute approximate surface area is 487 Å². The zero-order chi connectivity index (χ0) is 57.6. The lowest BCUT2D eigenvalue weighted by atomic mass is 10.0. The molecule has 0 aliphatic carbocycles. The number of carboxylic acids is 1. The maximum atomic E-state index is 12.9. The van der Waals surface area contributed by atoms with Gasteiger partial charge >= 0.3 is 11.9 Å². The molecule has 0 spiro atoms. The molecule has 0 aliphatic heterocycles. The Hall–Kier alpha value is -3.53. The minimum Gasteiger partial charge on any atom is -0.545 e. The van der Waals surface area contributed by atoms with E-state index >= 15 is 0 Å². The van der Waals surface area contributed by atoms with Crippen molar-refractivity contribution in [1.82, 2.24) is 0 Å². The van der Waals surface area contributed by atoms with Gasteiger partial charge in [-0.3, -0.25) is 9.59 Å². The molecule has 0 aliphatic rings. The van der Waals surface area contributed by atoms with Crippen molar-refractivity contribution < 1.29 is 42.9 Å². The van der Waals surface area contributed by atoms with E-state index in [1.165, 1.54) is 161 Å². The van der Waals surface area contributed by atoms with Crippen LogP contribution in [0.1, 0.15) is 284 Å².